The highest BCUT2D eigenvalue weighted by Gasteiger charge is 2.28. The molecule has 0 spiro atoms. The van der Waals surface area contributed by atoms with Gasteiger partial charge in [-0.1, -0.05) is 31.9 Å². The van der Waals surface area contributed by atoms with Gasteiger partial charge in [0.2, 0.25) is 0 Å². The lowest BCUT2D eigenvalue weighted by atomic mass is 10.4. The fraction of sp³-hybridized carbons (Fsp3) is 1.00. The van der Waals surface area contributed by atoms with Gasteiger partial charge >= 0.3 is 0 Å². The summed E-state index contributed by atoms with van der Waals surface area (Å²) >= 11 is 6.71. The molecule has 0 aliphatic heterocycles. The number of hydrogen-bond acceptors (Lipinski definition) is 2. The summed E-state index contributed by atoms with van der Waals surface area (Å²) in [4.78, 5) is 0. The van der Waals surface area contributed by atoms with Gasteiger partial charge in [-0.3, -0.25) is 0 Å². The first-order valence-corrected chi connectivity index (χ1v) is 5.88. The summed E-state index contributed by atoms with van der Waals surface area (Å²) in [6.07, 6.45) is 0. The number of ether oxygens (including phenoxy) is 2. The van der Waals surface area contributed by atoms with E-state index in [1.165, 1.54) is 0 Å². The lowest BCUT2D eigenvalue weighted by Gasteiger charge is -2.29. The van der Waals surface area contributed by atoms with Crippen LogP contribution in [0.15, 0.2) is 0 Å². The van der Waals surface area contributed by atoms with Crippen LogP contribution in [0.4, 0.5) is 0 Å². The molecule has 0 saturated carbocycles. The fourth-order valence-corrected chi connectivity index (χ4v) is 2.33. The molecule has 0 unspecified atom stereocenters. The van der Waals surface area contributed by atoms with E-state index in [-0.39, 0.29) is 0 Å². The van der Waals surface area contributed by atoms with Crippen LogP contribution >= 0.6 is 31.9 Å². The Morgan fingerprint density at radius 3 is 1.55 bits per heavy atom. The quantitative estimate of drug-likeness (QED) is 0.553. The van der Waals surface area contributed by atoms with Gasteiger partial charge in [0, 0.05) is 13.2 Å². The van der Waals surface area contributed by atoms with Crippen molar-refractivity contribution in [2.45, 2.75) is 19.6 Å². The van der Waals surface area contributed by atoms with Crippen LogP contribution in [0.25, 0.3) is 0 Å². The molecule has 0 fully saturated rings. The molecule has 0 saturated heterocycles. The van der Waals surface area contributed by atoms with Gasteiger partial charge in [0.05, 0.1) is 10.7 Å². The number of hydrogen-bond donors (Lipinski definition) is 0. The van der Waals surface area contributed by atoms with E-state index in [0.717, 1.165) is 0 Å². The van der Waals surface area contributed by atoms with Crippen LogP contribution < -0.4 is 0 Å². The topological polar surface area (TPSA) is 18.5 Å². The van der Waals surface area contributed by atoms with E-state index >= 15 is 0 Å². The Hall–Kier alpha value is 0.880. The van der Waals surface area contributed by atoms with Crippen LogP contribution in [-0.4, -0.2) is 29.7 Å². The zero-order chi connectivity index (χ0) is 8.74. The van der Waals surface area contributed by atoms with Gasteiger partial charge in [-0.05, 0) is 13.8 Å². The van der Waals surface area contributed by atoms with Crippen molar-refractivity contribution >= 4 is 31.9 Å². The summed E-state index contributed by atoms with van der Waals surface area (Å²) in [6, 6.07) is 0. The molecular weight excluding hydrogens is 276 g/mol. The van der Waals surface area contributed by atoms with Crippen molar-refractivity contribution < 1.29 is 9.47 Å². The van der Waals surface area contributed by atoms with Gasteiger partial charge in [-0.2, -0.15) is 0 Å². The summed E-state index contributed by atoms with van der Waals surface area (Å²) < 4.78 is 10.9. The summed E-state index contributed by atoms with van der Waals surface area (Å²) in [6.45, 7) is 5.24. The minimum absolute atomic E-state index is 0.483. The molecule has 4 heteroatoms. The highest BCUT2D eigenvalue weighted by atomic mass is 79.9. The molecule has 68 valence electrons. The van der Waals surface area contributed by atoms with Crippen molar-refractivity contribution in [1.82, 2.24) is 0 Å². The van der Waals surface area contributed by atoms with Crippen molar-refractivity contribution in [3.63, 3.8) is 0 Å². The molecule has 2 nitrogen and oxygen atoms in total. The minimum Gasteiger partial charge on any atom is -0.349 e. The summed E-state index contributed by atoms with van der Waals surface area (Å²) in [7, 11) is 0. The monoisotopic (exact) mass is 288 g/mol. The van der Waals surface area contributed by atoms with Crippen LogP contribution in [-0.2, 0) is 9.47 Å². The van der Waals surface area contributed by atoms with Crippen molar-refractivity contribution in [1.29, 1.82) is 0 Å². The molecular formula is C7H14Br2O2. The minimum atomic E-state index is -0.483. The highest BCUT2D eigenvalue weighted by molar-refractivity contribution is 9.09. The standard InChI is InChI=1S/C7H14Br2O2/c1-3-10-7(5-8,6-9)11-4-2/h3-6H2,1-2H3. The van der Waals surface area contributed by atoms with E-state index in [4.69, 9.17) is 9.47 Å². The summed E-state index contributed by atoms with van der Waals surface area (Å²) in [5.74, 6) is -0.483. The molecule has 0 N–H and O–H groups in total. The largest absolute Gasteiger partial charge is 0.349 e. The predicted octanol–water partition coefficient (Wildman–Crippen LogP) is 2.55. The lowest BCUT2D eigenvalue weighted by molar-refractivity contribution is -0.199. The van der Waals surface area contributed by atoms with Crippen LogP contribution in [0.3, 0.4) is 0 Å². The molecule has 0 rings (SSSR count). The molecule has 0 heterocycles. The molecule has 11 heavy (non-hydrogen) atoms. The summed E-state index contributed by atoms with van der Waals surface area (Å²) in [5.41, 5.74) is 0. The van der Waals surface area contributed by atoms with Gasteiger partial charge in [-0.15, -0.1) is 0 Å². The second kappa shape index (κ2) is 6.40. The normalized spacial score (nSPS) is 12.0. The Morgan fingerprint density at radius 1 is 1.00 bits per heavy atom. The molecule has 0 bridgehead atoms. The molecule has 0 aliphatic rings. The average molecular weight is 290 g/mol. The Morgan fingerprint density at radius 2 is 1.36 bits per heavy atom. The maximum Gasteiger partial charge on any atom is 0.187 e. The third-order valence-corrected chi connectivity index (χ3v) is 2.93. The van der Waals surface area contributed by atoms with Gasteiger partial charge in [0.15, 0.2) is 5.79 Å². The van der Waals surface area contributed by atoms with E-state index in [1.54, 1.807) is 0 Å². The maximum absolute atomic E-state index is 5.45. The zero-order valence-electron chi connectivity index (χ0n) is 6.90. The summed E-state index contributed by atoms with van der Waals surface area (Å²) in [5, 5.41) is 1.37. The van der Waals surface area contributed by atoms with E-state index < -0.39 is 5.79 Å². The molecule has 0 radical (unpaired) electrons. The van der Waals surface area contributed by atoms with Gasteiger partial charge in [0.25, 0.3) is 0 Å². The van der Waals surface area contributed by atoms with E-state index in [1.807, 2.05) is 13.8 Å². The Bertz CT molecular complexity index is 86.4. The third-order valence-electron chi connectivity index (χ3n) is 1.22. The van der Waals surface area contributed by atoms with E-state index in [0.29, 0.717) is 23.9 Å². The lowest BCUT2D eigenvalue weighted by Crippen LogP contribution is -2.39. The van der Waals surface area contributed by atoms with Crippen molar-refractivity contribution in [2.75, 3.05) is 23.9 Å². The number of halogens is 2. The maximum atomic E-state index is 5.45. The van der Waals surface area contributed by atoms with Crippen molar-refractivity contribution in [3.8, 4) is 0 Å². The SMILES string of the molecule is CCOC(CBr)(CBr)OCC. The molecule has 0 aliphatic carbocycles. The number of alkyl halides is 2. The third kappa shape index (κ3) is 3.87. The predicted molar refractivity (Wildman–Crippen MR) is 53.6 cm³/mol. The second-order valence-electron chi connectivity index (χ2n) is 2.04. The molecule has 0 aromatic heterocycles. The van der Waals surface area contributed by atoms with Crippen molar-refractivity contribution in [2.24, 2.45) is 0 Å². The Kier molecular flexibility index (Phi) is 6.91. The van der Waals surface area contributed by atoms with Gasteiger partial charge in [0.1, 0.15) is 0 Å². The van der Waals surface area contributed by atoms with E-state index in [9.17, 15) is 0 Å². The molecule has 0 atom stereocenters. The van der Waals surface area contributed by atoms with Gasteiger partial charge < -0.3 is 9.47 Å². The van der Waals surface area contributed by atoms with Gasteiger partial charge in [-0.25, -0.2) is 0 Å². The van der Waals surface area contributed by atoms with Crippen LogP contribution in [0.2, 0.25) is 0 Å². The Balaban J connectivity index is 3.96. The Labute approximate surface area is 84.9 Å². The zero-order valence-corrected chi connectivity index (χ0v) is 10.1. The van der Waals surface area contributed by atoms with Crippen LogP contribution in [0, 0.1) is 0 Å². The smallest absolute Gasteiger partial charge is 0.187 e. The van der Waals surface area contributed by atoms with Crippen LogP contribution in [0.5, 0.6) is 0 Å². The van der Waals surface area contributed by atoms with E-state index in [2.05, 4.69) is 31.9 Å². The molecule has 0 amide bonds. The first-order chi connectivity index (χ1) is 5.24. The molecule has 0 aromatic carbocycles. The second-order valence-corrected chi connectivity index (χ2v) is 3.17. The average Bonchev–Trinajstić information content (AvgIpc) is 2.04. The first-order valence-electron chi connectivity index (χ1n) is 3.64. The molecule has 0 aromatic rings. The first kappa shape index (κ1) is 11.9. The fourth-order valence-electron chi connectivity index (χ4n) is 0.758. The van der Waals surface area contributed by atoms with Crippen molar-refractivity contribution in [3.05, 3.63) is 0 Å². The highest BCUT2D eigenvalue weighted by Crippen LogP contribution is 2.19. The number of rotatable bonds is 6. The van der Waals surface area contributed by atoms with Crippen LogP contribution in [0.1, 0.15) is 13.8 Å².